The van der Waals surface area contributed by atoms with Gasteiger partial charge in [-0.1, -0.05) is 36.4 Å². The van der Waals surface area contributed by atoms with Crippen molar-refractivity contribution in [3.8, 4) is 0 Å². The van der Waals surface area contributed by atoms with Gasteiger partial charge in [-0.15, -0.1) is 24.0 Å². The van der Waals surface area contributed by atoms with Crippen LogP contribution in [0.2, 0.25) is 0 Å². The van der Waals surface area contributed by atoms with E-state index in [1.54, 1.807) is 0 Å². The maximum atomic E-state index is 5.66. The van der Waals surface area contributed by atoms with E-state index in [4.69, 9.17) is 4.74 Å². The van der Waals surface area contributed by atoms with Crippen LogP contribution in [0.1, 0.15) is 24.8 Å². The van der Waals surface area contributed by atoms with Crippen molar-refractivity contribution in [2.24, 2.45) is 4.99 Å². The molecular formula is C18H26IN3O. The Bertz CT molecular complexity index is 538. The molecule has 126 valence electrons. The van der Waals surface area contributed by atoms with Gasteiger partial charge in [0.2, 0.25) is 0 Å². The topological polar surface area (TPSA) is 36.9 Å². The highest BCUT2D eigenvalue weighted by atomic mass is 127. The van der Waals surface area contributed by atoms with Crippen LogP contribution in [-0.4, -0.2) is 50.3 Å². The molecule has 0 amide bonds. The monoisotopic (exact) mass is 427 g/mol. The lowest BCUT2D eigenvalue weighted by Gasteiger charge is -2.30. The van der Waals surface area contributed by atoms with Gasteiger partial charge in [0.05, 0.1) is 6.10 Å². The van der Waals surface area contributed by atoms with E-state index < -0.39 is 0 Å². The molecule has 1 fully saturated rings. The lowest BCUT2D eigenvalue weighted by atomic mass is 10.00. The van der Waals surface area contributed by atoms with Crippen LogP contribution in [-0.2, 0) is 4.74 Å². The van der Waals surface area contributed by atoms with Gasteiger partial charge < -0.3 is 15.0 Å². The second kappa shape index (κ2) is 9.27. The minimum Gasteiger partial charge on any atom is -0.376 e. The maximum Gasteiger partial charge on any atom is 0.194 e. The van der Waals surface area contributed by atoms with Gasteiger partial charge in [0.15, 0.2) is 5.96 Å². The summed E-state index contributed by atoms with van der Waals surface area (Å²) in [6.45, 7) is 3.68. The third-order valence-corrected chi connectivity index (χ3v) is 4.38. The summed E-state index contributed by atoms with van der Waals surface area (Å²) in [6.07, 6.45) is 6.06. The van der Waals surface area contributed by atoms with Gasteiger partial charge in [0, 0.05) is 33.3 Å². The Balaban J connectivity index is 0.00000192. The molecule has 23 heavy (non-hydrogen) atoms. The number of nitrogens with one attached hydrogen (secondary N) is 1. The molecule has 5 heteroatoms. The Hall–Kier alpha value is -1.08. The Kier molecular flexibility index (Phi) is 7.36. The zero-order valence-electron chi connectivity index (χ0n) is 13.7. The number of ether oxygens (including phenoxy) is 1. The number of guanidine groups is 1. The van der Waals surface area contributed by atoms with E-state index in [0.717, 1.165) is 45.0 Å². The van der Waals surface area contributed by atoms with Crippen molar-refractivity contribution in [3.63, 3.8) is 0 Å². The number of hydrogen-bond donors (Lipinski definition) is 1. The van der Waals surface area contributed by atoms with Crippen molar-refractivity contribution in [2.45, 2.75) is 25.4 Å². The number of rotatable bonds is 3. The van der Waals surface area contributed by atoms with Crippen molar-refractivity contribution >= 4 is 35.5 Å². The van der Waals surface area contributed by atoms with Crippen molar-refractivity contribution < 1.29 is 4.74 Å². The fraction of sp³-hybridized carbons (Fsp3) is 0.500. The fourth-order valence-corrected chi connectivity index (χ4v) is 3.12. The fourth-order valence-electron chi connectivity index (χ4n) is 3.12. The molecule has 2 aliphatic rings. The van der Waals surface area contributed by atoms with Crippen molar-refractivity contribution in [2.75, 3.05) is 33.3 Å². The average Bonchev–Trinajstić information content (AvgIpc) is 3.10. The highest BCUT2D eigenvalue weighted by Crippen LogP contribution is 2.22. The van der Waals surface area contributed by atoms with E-state index >= 15 is 0 Å². The molecule has 0 saturated carbocycles. The molecule has 2 aliphatic heterocycles. The summed E-state index contributed by atoms with van der Waals surface area (Å²) in [5.41, 5.74) is 2.77. The normalized spacial score (nSPS) is 21.6. The maximum absolute atomic E-state index is 5.66. The van der Waals surface area contributed by atoms with Crippen molar-refractivity contribution in [1.29, 1.82) is 0 Å². The number of hydrogen-bond acceptors (Lipinski definition) is 2. The summed E-state index contributed by atoms with van der Waals surface area (Å²) < 4.78 is 5.66. The van der Waals surface area contributed by atoms with Crippen molar-refractivity contribution in [3.05, 3.63) is 42.0 Å². The number of benzene rings is 1. The minimum absolute atomic E-state index is 0. The van der Waals surface area contributed by atoms with E-state index in [-0.39, 0.29) is 24.0 Å². The summed E-state index contributed by atoms with van der Waals surface area (Å²) in [5.74, 6) is 0.985. The Morgan fingerprint density at radius 2 is 2.17 bits per heavy atom. The molecule has 1 unspecified atom stereocenters. The molecule has 0 spiro atoms. The quantitative estimate of drug-likeness (QED) is 0.458. The first-order chi connectivity index (χ1) is 10.9. The Labute approximate surface area is 156 Å². The minimum atomic E-state index is 0. The molecule has 1 aromatic rings. The van der Waals surface area contributed by atoms with Crippen molar-refractivity contribution in [1.82, 2.24) is 10.2 Å². The van der Waals surface area contributed by atoms with Gasteiger partial charge in [-0.2, -0.15) is 0 Å². The largest absolute Gasteiger partial charge is 0.376 e. The van der Waals surface area contributed by atoms with Crippen LogP contribution in [0.15, 0.2) is 41.4 Å². The zero-order chi connectivity index (χ0) is 15.2. The number of nitrogens with zero attached hydrogens (tertiary/aromatic N) is 2. The summed E-state index contributed by atoms with van der Waals surface area (Å²) in [7, 11) is 1.86. The van der Waals surface area contributed by atoms with E-state index in [2.05, 4.69) is 51.6 Å². The van der Waals surface area contributed by atoms with Crippen LogP contribution in [0.25, 0.3) is 5.57 Å². The van der Waals surface area contributed by atoms with Crippen LogP contribution in [0.4, 0.5) is 0 Å². The summed E-state index contributed by atoms with van der Waals surface area (Å²) in [4.78, 5) is 6.72. The van der Waals surface area contributed by atoms with E-state index in [1.807, 2.05) is 7.05 Å². The van der Waals surface area contributed by atoms with Gasteiger partial charge >= 0.3 is 0 Å². The van der Waals surface area contributed by atoms with E-state index in [9.17, 15) is 0 Å². The third-order valence-electron chi connectivity index (χ3n) is 4.38. The Morgan fingerprint density at radius 3 is 2.78 bits per heavy atom. The molecule has 1 aromatic carbocycles. The van der Waals surface area contributed by atoms with Crippen LogP contribution >= 0.6 is 24.0 Å². The molecule has 2 heterocycles. The molecule has 1 atom stereocenters. The Morgan fingerprint density at radius 1 is 1.35 bits per heavy atom. The van der Waals surface area contributed by atoms with Gasteiger partial charge in [-0.05, 0) is 30.4 Å². The standard InChI is InChI=1S/C18H25N3O.HI/c1-19-18(20-14-17-8-5-13-22-17)21-11-9-16(10-12-21)15-6-3-2-4-7-15;/h2-4,6-7,9,17H,5,8,10-14H2,1H3,(H,19,20);1H. The predicted molar refractivity (Wildman–Crippen MR) is 106 cm³/mol. The van der Waals surface area contributed by atoms with Gasteiger partial charge in [0.25, 0.3) is 0 Å². The summed E-state index contributed by atoms with van der Waals surface area (Å²) >= 11 is 0. The van der Waals surface area contributed by atoms with Crippen LogP contribution in [0.5, 0.6) is 0 Å². The highest BCUT2D eigenvalue weighted by molar-refractivity contribution is 14.0. The summed E-state index contributed by atoms with van der Waals surface area (Å²) in [6, 6.07) is 10.6. The lowest BCUT2D eigenvalue weighted by Crippen LogP contribution is -2.45. The van der Waals surface area contributed by atoms with E-state index in [1.165, 1.54) is 17.6 Å². The highest BCUT2D eigenvalue weighted by Gasteiger charge is 2.19. The lowest BCUT2D eigenvalue weighted by molar-refractivity contribution is 0.113. The average molecular weight is 427 g/mol. The summed E-state index contributed by atoms with van der Waals surface area (Å²) in [5, 5.41) is 3.46. The van der Waals surface area contributed by atoms with Gasteiger partial charge in [-0.3, -0.25) is 4.99 Å². The van der Waals surface area contributed by atoms with Gasteiger partial charge in [-0.25, -0.2) is 0 Å². The van der Waals surface area contributed by atoms with E-state index in [0.29, 0.717) is 6.10 Å². The first-order valence-corrected chi connectivity index (χ1v) is 8.18. The number of halogens is 1. The number of aliphatic imine (C=N–C) groups is 1. The van der Waals surface area contributed by atoms with Crippen LogP contribution in [0, 0.1) is 0 Å². The second-order valence-corrected chi connectivity index (χ2v) is 5.85. The smallest absolute Gasteiger partial charge is 0.194 e. The molecule has 0 aromatic heterocycles. The predicted octanol–water partition coefficient (Wildman–Crippen LogP) is 3.15. The zero-order valence-corrected chi connectivity index (χ0v) is 16.0. The molecule has 0 aliphatic carbocycles. The molecular weight excluding hydrogens is 401 g/mol. The van der Waals surface area contributed by atoms with Crippen LogP contribution in [0.3, 0.4) is 0 Å². The first kappa shape index (κ1) is 18.3. The third kappa shape index (κ3) is 4.94. The van der Waals surface area contributed by atoms with Crippen LogP contribution < -0.4 is 5.32 Å². The molecule has 0 bridgehead atoms. The first-order valence-electron chi connectivity index (χ1n) is 8.18. The second-order valence-electron chi connectivity index (χ2n) is 5.85. The molecule has 1 saturated heterocycles. The van der Waals surface area contributed by atoms with Gasteiger partial charge in [0.1, 0.15) is 0 Å². The molecule has 1 N–H and O–H groups in total. The SMILES string of the molecule is CN=C(NCC1CCCO1)N1CC=C(c2ccccc2)CC1.I. The molecule has 4 nitrogen and oxygen atoms in total. The molecule has 3 rings (SSSR count). The molecule has 0 radical (unpaired) electrons.